The summed E-state index contributed by atoms with van der Waals surface area (Å²) in [5.41, 5.74) is 0.766. The van der Waals surface area contributed by atoms with E-state index in [2.05, 4.69) is 38.8 Å². The Bertz CT molecular complexity index is 740. The van der Waals surface area contributed by atoms with Crippen molar-refractivity contribution in [3.8, 4) is 0 Å². The zero-order chi connectivity index (χ0) is 18.1. The largest absolute Gasteiger partial charge is 0.415 e. The van der Waals surface area contributed by atoms with Gasteiger partial charge in [-0.15, -0.1) is 11.3 Å². The Morgan fingerprint density at radius 3 is 2.67 bits per heavy atom. The van der Waals surface area contributed by atoms with E-state index in [0.717, 1.165) is 10.2 Å². The molecule has 0 bridgehead atoms. The second kappa shape index (κ2) is 7.12. The fraction of sp³-hybridized carbons (Fsp3) is 0.529. The van der Waals surface area contributed by atoms with Crippen molar-refractivity contribution < 1.29 is 9.22 Å². The molecule has 0 atom stereocenters. The topological polar surface area (TPSA) is 42.4 Å². The maximum absolute atomic E-state index is 12.6. The normalized spacial score (nSPS) is 12.6. The van der Waals surface area contributed by atoms with Gasteiger partial charge in [0.1, 0.15) is 0 Å². The minimum absolute atomic E-state index is 0.0205. The highest BCUT2D eigenvalue weighted by atomic mass is 35.5. The molecule has 0 fully saturated rings. The van der Waals surface area contributed by atoms with Crippen molar-refractivity contribution in [2.45, 2.75) is 38.9 Å². The van der Waals surface area contributed by atoms with Crippen molar-refractivity contribution >= 4 is 47.4 Å². The first-order chi connectivity index (χ1) is 11.0. The van der Waals surface area contributed by atoms with Gasteiger partial charge in [0.05, 0.1) is 26.7 Å². The molecule has 2 rings (SSSR count). The lowest BCUT2D eigenvalue weighted by Gasteiger charge is -2.36. The van der Waals surface area contributed by atoms with Crippen LogP contribution in [0, 0.1) is 0 Å². The van der Waals surface area contributed by atoms with Crippen LogP contribution in [0.15, 0.2) is 18.3 Å². The number of hydrogen-bond donors (Lipinski definition) is 0. The van der Waals surface area contributed by atoms with E-state index in [0.29, 0.717) is 23.1 Å². The molecule has 4 nitrogen and oxygen atoms in total. The number of amides is 1. The van der Waals surface area contributed by atoms with Crippen LogP contribution in [0.3, 0.4) is 0 Å². The maximum atomic E-state index is 12.6. The summed E-state index contributed by atoms with van der Waals surface area (Å²) in [5.74, 6) is -0.0205. The van der Waals surface area contributed by atoms with E-state index < -0.39 is 8.32 Å². The van der Waals surface area contributed by atoms with Crippen molar-refractivity contribution in [3.05, 3.63) is 28.2 Å². The first kappa shape index (κ1) is 19.4. The van der Waals surface area contributed by atoms with Crippen LogP contribution in [0.5, 0.6) is 0 Å². The van der Waals surface area contributed by atoms with Gasteiger partial charge in [-0.2, -0.15) is 0 Å². The van der Waals surface area contributed by atoms with Crippen molar-refractivity contribution in [1.29, 1.82) is 0 Å². The Kier molecular flexibility index (Phi) is 5.74. The summed E-state index contributed by atoms with van der Waals surface area (Å²) in [6, 6.07) is 3.55. The Balaban J connectivity index is 2.00. The van der Waals surface area contributed by atoms with Crippen molar-refractivity contribution in [2.75, 3.05) is 20.2 Å². The summed E-state index contributed by atoms with van der Waals surface area (Å²) in [6.45, 7) is 12.2. The van der Waals surface area contributed by atoms with Crippen molar-refractivity contribution in [1.82, 2.24) is 9.88 Å². The number of carbonyl (C=O) groups is 1. The number of nitrogens with zero attached hydrogens (tertiary/aromatic N) is 2. The molecule has 1 amide bonds. The Morgan fingerprint density at radius 2 is 2.08 bits per heavy atom. The number of thiophene rings is 1. The van der Waals surface area contributed by atoms with Gasteiger partial charge in [-0.1, -0.05) is 32.4 Å². The number of hydrogen-bond acceptors (Lipinski definition) is 4. The van der Waals surface area contributed by atoms with Crippen LogP contribution in [0.25, 0.3) is 10.2 Å². The molecule has 0 saturated carbocycles. The zero-order valence-corrected chi connectivity index (χ0v) is 17.7. The standard InChI is InChI=1S/C17H25ClN2O2SSi/c1-17(2,3)24(5,6)22-10-9-20(4)16(21)14-11-13-15(23-14)12(18)7-8-19-13/h7-8,11H,9-10H2,1-6H3. The second-order valence-corrected chi connectivity index (χ2v) is 13.7. The molecular weight excluding hydrogens is 360 g/mol. The summed E-state index contributed by atoms with van der Waals surface area (Å²) in [6.07, 6.45) is 1.66. The molecule has 0 spiro atoms. The van der Waals surface area contributed by atoms with Gasteiger partial charge in [-0.25, -0.2) is 0 Å². The number of pyridine rings is 1. The average Bonchev–Trinajstić information content (AvgIpc) is 2.90. The molecule has 0 unspecified atom stereocenters. The fourth-order valence-electron chi connectivity index (χ4n) is 1.96. The molecule has 0 aliphatic heterocycles. The summed E-state index contributed by atoms with van der Waals surface area (Å²) < 4.78 is 7.00. The summed E-state index contributed by atoms with van der Waals surface area (Å²) in [5, 5.41) is 0.802. The quantitative estimate of drug-likeness (QED) is 0.678. The van der Waals surface area contributed by atoms with Gasteiger partial charge in [-0.05, 0) is 30.3 Å². The van der Waals surface area contributed by atoms with E-state index in [1.807, 2.05) is 0 Å². The van der Waals surface area contributed by atoms with E-state index in [4.69, 9.17) is 16.0 Å². The Labute approximate surface area is 153 Å². The highest BCUT2D eigenvalue weighted by Crippen LogP contribution is 2.36. The highest BCUT2D eigenvalue weighted by Gasteiger charge is 2.37. The molecule has 0 aliphatic carbocycles. The van der Waals surface area contributed by atoms with Gasteiger partial charge >= 0.3 is 0 Å². The van der Waals surface area contributed by atoms with Crippen LogP contribution in [-0.4, -0.2) is 44.3 Å². The molecular formula is C17H25ClN2O2SSi. The van der Waals surface area contributed by atoms with E-state index in [-0.39, 0.29) is 10.9 Å². The van der Waals surface area contributed by atoms with Gasteiger partial charge in [0, 0.05) is 19.8 Å². The number of rotatable bonds is 5. The van der Waals surface area contributed by atoms with Gasteiger partial charge in [0.2, 0.25) is 0 Å². The number of likely N-dealkylation sites (N-methyl/N-ethyl adjacent to an activating group) is 1. The molecule has 24 heavy (non-hydrogen) atoms. The third-order valence-electron chi connectivity index (χ3n) is 4.62. The highest BCUT2D eigenvalue weighted by molar-refractivity contribution is 7.21. The first-order valence-electron chi connectivity index (χ1n) is 7.96. The SMILES string of the molecule is CN(CCO[Si](C)(C)C(C)(C)C)C(=O)c1cc2nccc(Cl)c2s1. The lowest BCUT2D eigenvalue weighted by atomic mass is 10.2. The molecule has 0 aromatic carbocycles. The van der Waals surface area contributed by atoms with Crippen LogP contribution >= 0.6 is 22.9 Å². The molecule has 0 N–H and O–H groups in total. The lowest BCUT2D eigenvalue weighted by molar-refractivity contribution is 0.0775. The number of fused-ring (bicyclic) bond motifs is 1. The summed E-state index contributed by atoms with van der Waals surface area (Å²) in [4.78, 5) is 19.2. The average molecular weight is 385 g/mol. The van der Waals surface area contributed by atoms with Crippen LogP contribution < -0.4 is 0 Å². The van der Waals surface area contributed by atoms with Gasteiger partial charge in [-0.3, -0.25) is 9.78 Å². The molecule has 2 heterocycles. The van der Waals surface area contributed by atoms with Gasteiger partial charge in [0.25, 0.3) is 5.91 Å². The molecule has 0 saturated heterocycles. The van der Waals surface area contributed by atoms with Crippen LogP contribution in [0.4, 0.5) is 0 Å². The minimum atomic E-state index is -1.78. The Hall–Kier alpha value is -0.953. The van der Waals surface area contributed by atoms with E-state index >= 15 is 0 Å². The van der Waals surface area contributed by atoms with E-state index in [1.54, 1.807) is 30.3 Å². The van der Waals surface area contributed by atoms with Crippen LogP contribution in [0.2, 0.25) is 23.2 Å². The zero-order valence-electron chi connectivity index (χ0n) is 15.1. The number of halogens is 1. The third kappa shape index (κ3) is 4.17. The monoisotopic (exact) mass is 384 g/mol. The van der Waals surface area contributed by atoms with Gasteiger partial charge < -0.3 is 9.33 Å². The van der Waals surface area contributed by atoms with E-state index in [1.165, 1.54) is 11.3 Å². The van der Waals surface area contributed by atoms with Gasteiger partial charge in [0.15, 0.2) is 8.32 Å². The third-order valence-corrected chi connectivity index (χ3v) is 10.7. The second-order valence-electron chi connectivity index (χ2n) is 7.45. The molecule has 0 aliphatic rings. The number of aromatic nitrogens is 1. The predicted octanol–water partition coefficient (Wildman–Crippen LogP) is 5.04. The van der Waals surface area contributed by atoms with Crippen LogP contribution in [-0.2, 0) is 4.43 Å². The lowest BCUT2D eigenvalue weighted by Crippen LogP contribution is -2.43. The fourth-order valence-corrected chi connectivity index (χ4v) is 4.28. The number of carbonyl (C=O) groups excluding carboxylic acids is 1. The van der Waals surface area contributed by atoms with Crippen molar-refractivity contribution in [3.63, 3.8) is 0 Å². The van der Waals surface area contributed by atoms with E-state index in [9.17, 15) is 4.79 Å². The molecule has 132 valence electrons. The van der Waals surface area contributed by atoms with Crippen molar-refractivity contribution in [2.24, 2.45) is 0 Å². The first-order valence-corrected chi connectivity index (χ1v) is 12.1. The molecule has 7 heteroatoms. The Morgan fingerprint density at radius 1 is 1.42 bits per heavy atom. The predicted molar refractivity (Wildman–Crippen MR) is 105 cm³/mol. The van der Waals surface area contributed by atoms with Crippen LogP contribution in [0.1, 0.15) is 30.4 Å². The maximum Gasteiger partial charge on any atom is 0.263 e. The molecule has 2 aromatic heterocycles. The summed E-state index contributed by atoms with van der Waals surface area (Å²) in [7, 11) is 0.0199. The molecule has 0 radical (unpaired) electrons. The minimum Gasteiger partial charge on any atom is -0.415 e. The smallest absolute Gasteiger partial charge is 0.263 e. The molecule has 2 aromatic rings. The summed E-state index contributed by atoms with van der Waals surface area (Å²) >= 11 is 7.55.